The van der Waals surface area contributed by atoms with Gasteiger partial charge in [-0.2, -0.15) is 0 Å². The fraction of sp³-hybridized carbons (Fsp3) is 0.818. The van der Waals surface area contributed by atoms with Gasteiger partial charge in [-0.05, 0) is 19.8 Å². The number of ether oxygens (including phenoxy) is 1. The third-order valence-electron chi connectivity index (χ3n) is 2.34. The van der Waals surface area contributed by atoms with Crippen LogP contribution in [0.3, 0.4) is 0 Å². The highest BCUT2D eigenvalue weighted by Gasteiger charge is 2.19. The minimum atomic E-state index is -1.06. The lowest BCUT2D eigenvalue weighted by Gasteiger charge is -2.23. The number of carboxylic acid groups (broad SMARTS) is 1. The van der Waals surface area contributed by atoms with E-state index in [1.54, 1.807) is 0 Å². The van der Waals surface area contributed by atoms with E-state index in [4.69, 9.17) is 9.84 Å². The minimum absolute atomic E-state index is 0.129. The highest BCUT2D eigenvalue weighted by molar-refractivity contribution is 5.82. The number of aliphatic carboxylic acids is 1. The topological polar surface area (TPSA) is 87.7 Å². The van der Waals surface area contributed by atoms with Crippen LogP contribution in [0.4, 0.5) is 4.79 Å². The van der Waals surface area contributed by atoms with Crippen molar-refractivity contribution >= 4 is 12.0 Å². The molecule has 0 aromatic carbocycles. The quantitative estimate of drug-likeness (QED) is 0.620. The van der Waals surface area contributed by atoms with Gasteiger partial charge in [0.1, 0.15) is 6.04 Å². The van der Waals surface area contributed by atoms with Gasteiger partial charge in [0, 0.05) is 6.61 Å². The van der Waals surface area contributed by atoms with Crippen molar-refractivity contribution in [2.24, 2.45) is 5.92 Å². The van der Waals surface area contributed by atoms with Crippen LogP contribution in [0, 0.1) is 5.92 Å². The van der Waals surface area contributed by atoms with E-state index in [0.717, 1.165) is 0 Å². The zero-order chi connectivity index (χ0) is 13.4. The lowest BCUT2D eigenvalue weighted by Crippen LogP contribution is -2.50. The van der Waals surface area contributed by atoms with Crippen molar-refractivity contribution in [3.63, 3.8) is 0 Å². The number of carbonyl (C=O) groups excluding carboxylic acids is 1. The normalized spacial score (nSPS) is 14.2. The summed E-state index contributed by atoms with van der Waals surface area (Å²) in [4.78, 5) is 22.1. The molecule has 2 unspecified atom stereocenters. The molecule has 0 aromatic heterocycles. The second kappa shape index (κ2) is 7.89. The number of amides is 2. The smallest absolute Gasteiger partial charge is 0.325 e. The zero-order valence-electron chi connectivity index (χ0n) is 10.8. The predicted octanol–water partition coefficient (Wildman–Crippen LogP) is 0.820. The van der Waals surface area contributed by atoms with Crippen molar-refractivity contribution in [2.75, 3.05) is 13.2 Å². The second-order valence-corrected chi connectivity index (χ2v) is 4.19. The Kier molecular flexibility index (Phi) is 7.29. The number of hydrogen-bond acceptors (Lipinski definition) is 3. The molecule has 0 aromatic rings. The summed E-state index contributed by atoms with van der Waals surface area (Å²) in [7, 11) is 0. The summed E-state index contributed by atoms with van der Waals surface area (Å²) >= 11 is 0. The Balaban J connectivity index is 4.16. The summed E-state index contributed by atoms with van der Waals surface area (Å²) < 4.78 is 5.25. The minimum Gasteiger partial charge on any atom is -0.480 e. The number of hydrogen-bond donors (Lipinski definition) is 3. The monoisotopic (exact) mass is 246 g/mol. The number of carbonyl (C=O) groups is 2. The highest BCUT2D eigenvalue weighted by Crippen LogP contribution is 2.02. The van der Waals surface area contributed by atoms with Crippen LogP contribution in [-0.4, -0.2) is 42.4 Å². The molecule has 0 aliphatic rings. The average Bonchev–Trinajstić information content (AvgIpc) is 2.23. The number of urea groups is 1. The van der Waals surface area contributed by atoms with E-state index in [9.17, 15) is 9.59 Å². The van der Waals surface area contributed by atoms with Gasteiger partial charge in [-0.15, -0.1) is 0 Å². The van der Waals surface area contributed by atoms with Gasteiger partial charge in [0.15, 0.2) is 0 Å². The standard InChI is InChI=1S/C11H22N2O4/c1-5-17-6-9(7(2)3)13-11(16)12-8(4)10(14)15/h7-9H,5-6H2,1-4H3,(H,14,15)(H2,12,13,16). The molecule has 0 aliphatic carbocycles. The Bertz CT molecular complexity index is 256. The van der Waals surface area contributed by atoms with Crippen LogP contribution in [0.5, 0.6) is 0 Å². The van der Waals surface area contributed by atoms with E-state index in [1.165, 1.54) is 6.92 Å². The van der Waals surface area contributed by atoms with E-state index < -0.39 is 18.0 Å². The zero-order valence-corrected chi connectivity index (χ0v) is 10.8. The van der Waals surface area contributed by atoms with Crippen molar-refractivity contribution in [1.29, 1.82) is 0 Å². The first-order valence-electron chi connectivity index (χ1n) is 5.76. The van der Waals surface area contributed by atoms with Gasteiger partial charge in [-0.25, -0.2) is 4.79 Å². The summed E-state index contributed by atoms with van der Waals surface area (Å²) in [5.74, 6) is -0.849. The Labute approximate surface area is 102 Å². The van der Waals surface area contributed by atoms with E-state index in [0.29, 0.717) is 13.2 Å². The van der Waals surface area contributed by atoms with Gasteiger partial charge in [0.25, 0.3) is 0 Å². The Morgan fingerprint density at radius 1 is 1.24 bits per heavy atom. The fourth-order valence-electron chi connectivity index (χ4n) is 1.11. The van der Waals surface area contributed by atoms with Gasteiger partial charge >= 0.3 is 12.0 Å². The largest absolute Gasteiger partial charge is 0.480 e. The maximum Gasteiger partial charge on any atom is 0.325 e. The molecule has 0 heterocycles. The van der Waals surface area contributed by atoms with Crippen molar-refractivity contribution in [3.05, 3.63) is 0 Å². The first kappa shape index (κ1) is 15.7. The Morgan fingerprint density at radius 3 is 2.24 bits per heavy atom. The molecule has 6 heteroatoms. The first-order valence-corrected chi connectivity index (χ1v) is 5.76. The molecule has 0 aliphatic heterocycles. The van der Waals surface area contributed by atoms with E-state index in [1.807, 2.05) is 20.8 Å². The van der Waals surface area contributed by atoms with Gasteiger partial charge < -0.3 is 20.5 Å². The molecule has 0 saturated carbocycles. The first-order chi connectivity index (χ1) is 7.88. The van der Waals surface area contributed by atoms with Gasteiger partial charge in [-0.1, -0.05) is 13.8 Å². The Morgan fingerprint density at radius 2 is 1.82 bits per heavy atom. The number of rotatable bonds is 7. The van der Waals surface area contributed by atoms with E-state index >= 15 is 0 Å². The third kappa shape index (κ3) is 6.78. The van der Waals surface area contributed by atoms with Crippen molar-refractivity contribution in [3.8, 4) is 0 Å². The molecule has 0 spiro atoms. The predicted molar refractivity (Wildman–Crippen MR) is 63.9 cm³/mol. The van der Waals surface area contributed by atoms with Gasteiger partial charge in [0.2, 0.25) is 0 Å². The summed E-state index contributed by atoms with van der Waals surface area (Å²) in [6.45, 7) is 8.22. The van der Waals surface area contributed by atoms with Crippen molar-refractivity contribution in [1.82, 2.24) is 10.6 Å². The highest BCUT2D eigenvalue weighted by atomic mass is 16.5. The summed E-state index contributed by atoms with van der Waals surface area (Å²) in [5.41, 5.74) is 0. The molecule has 0 rings (SSSR count). The average molecular weight is 246 g/mol. The summed E-state index contributed by atoms with van der Waals surface area (Å²) in [6, 6.07) is -1.52. The molecule has 6 nitrogen and oxygen atoms in total. The summed E-state index contributed by atoms with van der Waals surface area (Å²) in [6.07, 6.45) is 0. The Hall–Kier alpha value is -1.30. The molecule has 0 radical (unpaired) electrons. The molecule has 17 heavy (non-hydrogen) atoms. The van der Waals surface area contributed by atoms with Crippen LogP contribution in [0.1, 0.15) is 27.7 Å². The van der Waals surface area contributed by atoms with E-state index in [-0.39, 0.29) is 12.0 Å². The molecule has 3 N–H and O–H groups in total. The molecule has 2 amide bonds. The van der Waals surface area contributed by atoms with E-state index in [2.05, 4.69) is 10.6 Å². The molecule has 100 valence electrons. The molecule has 2 atom stereocenters. The lowest BCUT2D eigenvalue weighted by atomic mass is 10.1. The van der Waals surface area contributed by atoms with Crippen LogP contribution >= 0.6 is 0 Å². The third-order valence-corrected chi connectivity index (χ3v) is 2.34. The van der Waals surface area contributed by atoms with Crippen LogP contribution in [0.15, 0.2) is 0 Å². The second-order valence-electron chi connectivity index (χ2n) is 4.19. The molecule has 0 fully saturated rings. The van der Waals surface area contributed by atoms with Gasteiger partial charge in [0.05, 0.1) is 12.6 Å². The SMILES string of the molecule is CCOCC(NC(=O)NC(C)C(=O)O)C(C)C. The van der Waals surface area contributed by atoms with Crippen LogP contribution in [-0.2, 0) is 9.53 Å². The fourth-order valence-corrected chi connectivity index (χ4v) is 1.11. The number of nitrogens with one attached hydrogen (secondary N) is 2. The number of carboxylic acids is 1. The lowest BCUT2D eigenvalue weighted by molar-refractivity contribution is -0.138. The molecule has 0 bridgehead atoms. The van der Waals surface area contributed by atoms with Crippen molar-refractivity contribution < 1.29 is 19.4 Å². The van der Waals surface area contributed by atoms with Crippen LogP contribution in [0.2, 0.25) is 0 Å². The van der Waals surface area contributed by atoms with Crippen molar-refractivity contribution in [2.45, 2.75) is 39.8 Å². The molecular formula is C11H22N2O4. The maximum atomic E-state index is 11.5. The van der Waals surface area contributed by atoms with Crippen LogP contribution < -0.4 is 10.6 Å². The summed E-state index contributed by atoms with van der Waals surface area (Å²) in [5, 5.41) is 13.7. The van der Waals surface area contributed by atoms with Gasteiger partial charge in [-0.3, -0.25) is 4.79 Å². The van der Waals surface area contributed by atoms with Crippen LogP contribution in [0.25, 0.3) is 0 Å². The maximum absolute atomic E-state index is 11.5. The molecular weight excluding hydrogens is 224 g/mol. The molecule has 0 saturated heterocycles.